The molecule has 2 aromatic rings. The van der Waals surface area contributed by atoms with Crippen LogP contribution < -0.4 is 0 Å². The van der Waals surface area contributed by atoms with E-state index in [9.17, 15) is 0 Å². The largest absolute Gasteiger partial charge is 0.251 e. The quantitative estimate of drug-likeness (QED) is 0.580. The van der Waals surface area contributed by atoms with E-state index in [1.54, 1.807) is 12.4 Å². The van der Waals surface area contributed by atoms with E-state index in [0.29, 0.717) is 5.82 Å². The summed E-state index contributed by atoms with van der Waals surface area (Å²) < 4.78 is 0. The number of aliphatic imine (C=N–C) groups is 1. The Morgan fingerprint density at radius 1 is 1.05 bits per heavy atom. The number of thiocarbonyl (C=S) groups is 1. The predicted molar refractivity (Wildman–Crippen MR) is 92.5 cm³/mol. The monoisotopic (exact) mass is 309 g/mol. The van der Waals surface area contributed by atoms with Crippen molar-refractivity contribution >= 4 is 23.2 Å². The number of rotatable bonds is 3. The van der Waals surface area contributed by atoms with Gasteiger partial charge in [0.15, 0.2) is 5.82 Å². The molecule has 0 atom stereocenters. The summed E-state index contributed by atoms with van der Waals surface area (Å²) in [5.74, 6) is 2.10. The van der Waals surface area contributed by atoms with Crippen LogP contribution in [0.25, 0.3) is 11.3 Å². The minimum atomic E-state index is 0.492. The molecule has 0 saturated heterocycles. The molecule has 0 bridgehead atoms. The van der Waals surface area contributed by atoms with Crippen LogP contribution in [0.2, 0.25) is 0 Å². The molecule has 0 N–H and O–H groups in total. The summed E-state index contributed by atoms with van der Waals surface area (Å²) in [6.45, 7) is 2.36. The maximum absolute atomic E-state index is 4.56. The van der Waals surface area contributed by atoms with E-state index >= 15 is 0 Å². The van der Waals surface area contributed by atoms with Crippen LogP contribution in [0, 0.1) is 5.92 Å². The summed E-state index contributed by atoms with van der Waals surface area (Å²) in [4.78, 5) is 12.4. The van der Waals surface area contributed by atoms with Crippen LogP contribution in [0.15, 0.2) is 41.7 Å². The molecule has 0 amide bonds. The van der Waals surface area contributed by atoms with Gasteiger partial charge >= 0.3 is 0 Å². The summed E-state index contributed by atoms with van der Waals surface area (Å²) in [5.41, 5.74) is 3.39. The number of hydrogen-bond donors (Lipinski definition) is 0. The van der Waals surface area contributed by atoms with Gasteiger partial charge in [0.2, 0.25) is 0 Å². The maximum atomic E-state index is 4.56. The van der Waals surface area contributed by atoms with Crippen LogP contribution in [-0.4, -0.2) is 15.1 Å². The summed E-state index contributed by atoms with van der Waals surface area (Å²) in [6.07, 6.45) is 8.66. The van der Waals surface area contributed by atoms with E-state index in [-0.39, 0.29) is 0 Å². The summed E-state index contributed by atoms with van der Waals surface area (Å²) in [7, 11) is 0. The lowest BCUT2D eigenvalue weighted by Gasteiger charge is -2.26. The number of hydrogen-bond acceptors (Lipinski definition) is 4. The fraction of sp³-hybridized carbons (Fsp3) is 0.389. The average molecular weight is 309 g/mol. The molecule has 112 valence electrons. The average Bonchev–Trinajstić information content (AvgIpc) is 2.57. The zero-order valence-electron chi connectivity index (χ0n) is 12.7. The van der Waals surface area contributed by atoms with Gasteiger partial charge < -0.3 is 0 Å². The molecule has 3 nitrogen and oxygen atoms in total. The standard InChI is InChI=1S/C18H19N3S/c1-13-2-4-14(5-3-13)15-6-8-16(9-7-15)17-10-20-18(11-19-17)21-12-22/h6-11,13-14H,2-5H2,1H3. The Morgan fingerprint density at radius 3 is 2.36 bits per heavy atom. The second-order valence-electron chi connectivity index (χ2n) is 6.04. The highest BCUT2D eigenvalue weighted by Crippen LogP contribution is 2.35. The molecule has 0 spiro atoms. The van der Waals surface area contributed by atoms with E-state index in [2.05, 4.69) is 63.5 Å². The van der Waals surface area contributed by atoms with Crippen molar-refractivity contribution in [3.05, 3.63) is 42.2 Å². The van der Waals surface area contributed by atoms with Crippen LogP contribution in [0.1, 0.15) is 44.1 Å². The molecule has 0 radical (unpaired) electrons. The molecule has 1 aromatic heterocycles. The lowest BCUT2D eigenvalue weighted by atomic mass is 9.79. The topological polar surface area (TPSA) is 38.1 Å². The second kappa shape index (κ2) is 6.91. The molecular formula is C18H19N3S. The summed E-state index contributed by atoms with van der Waals surface area (Å²) >= 11 is 4.56. The highest BCUT2D eigenvalue weighted by Gasteiger charge is 2.19. The Kier molecular flexibility index (Phi) is 4.71. The Balaban J connectivity index is 1.74. The third-order valence-electron chi connectivity index (χ3n) is 4.49. The highest BCUT2D eigenvalue weighted by molar-refractivity contribution is 7.78. The van der Waals surface area contributed by atoms with Gasteiger partial charge in [0.05, 0.1) is 23.2 Å². The first kappa shape index (κ1) is 15.0. The van der Waals surface area contributed by atoms with E-state index < -0.39 is 0 Å². The molecular weight excluding hydrogens is 290 g/mol. The highest BCUT2D eigenvalue weighted by atomic mass is 32.1. The van der Waals surface area contributed by atoms with Gasteiger partial charge in [-0.25, -0.2) is 4.98 Å². The summed E-state index contributed by atoms with van der Waals surface area (Å²) in [5, 5.41) is 2.30. The minimum absolute atomic E-state index is 0.492. The van der Waals surface area contributed by atoms with Crippen molar-refractivity contribution in [3.63, 3.8) is 0 Å². The zero-order valence-corrected chi connectivity index (χ0v) is 13.5. The van der Waals surface area contributed by atoms with Crippen molar-refractivity contribution in [1.82, 2.24) is 9.97 Å². The molecule has 22 heavy (non-hydrogen) atoms. The number of aromatic nitrogens is 2. The van der Waals surface area contributed by atoms with Gasteiger partial charge in [0.1, 0.15) is 0 Å². The van der Waals surface area contributed by atoms with Gasteiger partial charge in [0.25, 0.3) is 0 Å². The minimum Gasteiger partial charge on any atom is -0.251 e. The Labute approximate surface area is 136 Å². The van der Waals surface area contributed by atoms with Crippen LogP contribution >= 0.6 is 12.2 Å². The van der Waals surface area contributed by atoms with Crippen LogP contribution in [0.5, 0.6) is 0 Å². The first-order chi connectivity index (χ1) is 10.8. The normalized spacial score (nSPS) is 21.1. The smallest absolute Gasteiger partial charge is 0.181 e. The number of isothiocyanates is 1. The van der Waals surface area contributed by atoms with Crippen molar-refractivity contribution in [2.75, 3.05) is 0 Å². The van der Waals surface area contributed by atoms with Crippen LogP contribution in [0.4, 0.5) is 5.82 Å². The molecule has 4 heteroatoms. The van der Waals surface area contributed by atoms with E-state index in [1.807, 2.05) is 0 Å². The predicted octanol–water partition coefficient (Wildman–Crippen LogP) is 5.17. The third-order valence-corrected chi connectivity index (χ3v) is 4.58. The van der Waals surface area contributed by atoms with Crippen LogP contribution in [0.3, 0.4) is 0 Å². The molecule has 1 aliphatic rings. The van der Waals surface area contributed by atoms with E-state index in [0.717, 1.165) is 23.1 Å². The first-order valence-corrected chi connectivity index (χ1v) is 8.17. The molecule has 0 unspecified atom stereocenters. The van der Waals surface area contributed by atoms with E-state index in [1.165, 1.54) is 31.2 Å². The maximum Gasteiger partial charge on any atom is 0.181 e. The van der Waals surface area contributed by atoms with Gasteiger partial charge in [-0.3, -0.25) is 4.98 Å². The molecule has 1 aliphatic carbocycles. The number of nitrogens with zero attached hydrogens (tertiary/aromatic N) is 3. The first-order valence-electron chi connectivity index (χ1n) is 7.76. The van der Waals surface area contributed by atoms with Crippen LogP contribution in [-0.2, 0) is 0 Å². The van der Waals surface area contributed by atoms with E-state index in [4.69, 9.17) is 0 Å². The Morgan fingerprint density at radius 2 is 1.77 bits per heavy atom. The third kappa shape index (κ3) is 3.46. The van der Waals surface area contributed by atoms with Gasteiger partial charge in [-0.15, -0.1) is 0 Å². The lowest BCUT2D eigenvalue weighted by molar-refractivity contribution is 0.348. The van der Waals surface area contributed by atoms with Gasteiger partial charge in [-0.2, -0.15) is 4.99 Å². The fourth-order valence-electron chi connectivity index (χ4n) is 3.09. The Hall–Kier alpha value is -1.90. The van der Waals surface area contributed by atoms with Crippen molar-refractivity contribution < 1.29 is 0 Å². The Bertz CT molecular complexity index is 664. The van der Waals surface area contributed by atoms with Gasteiger partial charge in [-0.05, 0) is 42.5 Å². The zero-order chi connectivity index (χ0) is 15.4. The molecule has 3 rings (SSSR count). The molecule has 1 fully saturated rings. The molecule has 1 saturated carbocycles. The van der Waals surface area contributed by atoms with Gasteiger partial charge in [0, 0.05) is 5.56 Å². The van der Waals surface area contributed by atoms with Crippen molar-refractivity contribution in [1.29, 1.82) is 0 Å². The summed E-state index contributed by atoms with van der Waals surface area (Å²) in [6, 6.07) is 8.75. The van der Waals surface area contributed by atoms with Gasteiger partial charge in [-0.1, -0.05) is 44.0 Å². The molecule has 1 heterocycles. The second-order valence-corrected chi connectivity index (χ2v) is 6.22. The van der Waals surface area contributed by atoms with Crippen molar-refractivity contribution in [2.24, 2.45) is 10.9 Å². The van der Waals surface area contributed by atoms with Crippen molar-refractivity contribution in [3.8, 4) is 11.3 Å². The SMILES string of the molecule is CC1CCC(c2ccc(-c3cnc(N=C=S)cn3)cc2)CC1. The fourth-order valence-corrected chi connectivity index (χ4v) is 3.19. The lowest BCUT2D eigenvalue weighted by Crippen LogP contribution is -2.10. The van der Waals surface area contributed by atoms with Crippen molar-refractivity contribution in [2.45, 2.75) is 38.5 Å². The molecule has 1 aromatic carbocycles. The molecule has 0 aliphatic heterocycles. The number of benzene rings is 1.